The molecular weight excluding hydrogens is 266 g/mol. The van der Waals surface area contributed by atoms with Crippen molar-refractivity contribution in [2.45, 2.75) is 38.3 Å². The maximum absolute atomic E-state index is 9.26. The Morgan fingerprint density at radius 3 is 2.79 bits per heavy atom. The average Bonchev–Trinajstić information content (AvgIpc) is 2.89. The van der Waals surface area contributed by atoms with Crippen molar-refractivity contribution in [1.82, 2.24) is 9.97 Å². The van der Waals surface area contributed by atoms with E-state index in [2.05, 4.69) is 14.9 Å². The minimum absolute atomic E-state index is 0.109. The molecule has 0 radical (unpaired) electrons. The highest BCUT2D eigenvalue weighted by atomic mass is 35.5. The second-order valence-electron chi connectivity index (χ2n) is 4.75. The van der Waals surface area contributed by atoms with Crippen LogP contribution in [0.4, 0.5) is 5.82 Å². The van der Waals surface area contributed by atoms with Gasteiger partial charge in [0.1, 0.15) is 17.6 Å². The highest BCUT2D eigenvalue weighted by Gasteiger charge is 2.24. The quantitative estimate of drug-likeness (QED) is 0.811. The maximum atomic E-state index is 9.26. The fourth-order valence-corrected chi connectivity index (χ4v) is 2.80. The van der Waals surface area contributed by atoms with Gasteiger partial charge in [0.15, 0.2) is 5.82 Å². The van der Waals surface area contributed by atoms with Gasteiger partial charge in [0.05, 0.1) is 6.61 Å². The van der Waals surface area contributed by atoms with Crippen LogP contribution in [-0.2, 0) is 11.3 Å². The molecule has 106 valence electrons. The van der Waals surface area contributed by atoms with E-state index in [1.165, 1.54) is 12.8 Å². The summed E-state index contributed by atoms with van der Waals surface area (Å²) in [6, 6.07) is 2.20. The van der Waals surface area contributed by atoms with Crippen LogP contribution < -0.4 is 4.90 Å². The van der Waals surface area contributed by atoms with Crippen LogP contribution in [-0.4, -0.2) is 41.4 Å². The van der Waals surface area contributed by atoms with Crippen molar-refractivity contribution in [3.8, 4) is 0 Å². The Morgan fingerprint density at radius 2 is 2.16 bits per heavy atom. The summed E-state index contributed by atoms with van der Waals surface area (Å²) in [5.74, 6) is 1.36. The molecule has 5 nitrogen and oxygen atoms in total. The average molecular weight is 286 g/mol. The van der Waals surface area contributed by atoms with Crippen molar-refractivity contribution in [2.24, 2.45) is 0 Å². The van der Waals surface area contributed by atoms with Crippen molar-refractivity contribution >= 4 is 17.4 Å². The van der Waals surface area contributed by atoms with Crippen molar-refractivity contribution in [3.63, 3.8) is 0 Å². The number of anilines is 1. The van der Waals surface area contributed by atoms with Gasteiger partial charge >= 0.3 is 0 Å². The molecular formula is C13H20ClN3O2. The van der Waals surface area contributed by atoms with E-state index >= 15 is 0 Å². The Labute approximate surface area is 118 Å². The van der Waals surface area contributed by atoms with Crippen molar-refractivity contribution in [2.75, 3.05) is 25.2 Å². The van der Waals surface area contributed by atoms with Crippen LogP contribution in [0.25, 0.3) is 0 Å². The second kappa shape index (κ2) is 7.03. The number of aliphatic hydroxyl groups is 1. The lowest BCUT2D eigenvalue weighted by molar-refractivity contribution is 0.177. The van der Waals surface area contributed by atoms with Gasteiger partial charge in [-0.15, -0.1) is 0 Å². The van der Waals surface area contributed by atoms with Crippen LogP contribution >= 0.6 is 11.6 Å². The molecule has 0 unspecified atom stereocenters. The zero-order valence-corrected chi connectivity index (χ0v) is 11.9. The van der Waals surface area contributed by atoms with E-state index in [4.69, 9.17) is 16.3 Å². The van der Waals surface area contributed by atoms with E-state index in [1.54, 1.807) is 13.2 Å². The number of hydrogen-bond acceptors (Lipinski definition) is 5. The van der Waals surface area contributed by atoms with E-state index in [-0.39, 0.29) is 6.61 Å². The first kappa shape index (κ1) is 14.5. The molecule has 6 heteroatoms. The highest BCUT2D eigenvalue weighted by molar-refractivity contribution is 6.29. The number of aliphatic hydroxyl groups excluding tert-OH is 1. The van der Waals surface area contributed by atoms with Crippen LogP contribution in [0.3, 0.4) is 0 Å². The molecule has 0 spiro atoms. The zero-order valence-electron chi connectivity index (χ0n) is 11.2. The summed E-state index contributed by atoms with van der Waals surface area (Å²) >= 11 is 6.04. The van der Waals surface area contributed by atoms with Gasteiger partial charge in [0, 0.05) is 25.8 Å². The Hall–Kier alpha value is -0.910. The number of aromatic nitrogens is 2. The molecule has 1 fully saturated rings. The predicted octanol–water partition coefficient (Wildman–Crippen LogP) is 2.02. The summed E-state index contributed by atoms with van der Waals surface area (Å²) in [6.07, 6.45) is 4.75. The summed E-state index contributed by atoms with van der Waals surface area (Å²) in [5, 5.41) is 9.67. The van der Waals surface area contributed by atoms with Crippen LogP contribution in [0, 0.1) is 0 Å². The molecule has 1 aliphatic carbocycles. The molecule has 0 saturated heterocycles. The number of methoxy groups -OCH3 is 1. The number of nitrogens with zero attached hydrogens (tertiary/aromatic N) is 3. The van der Waals surface area contributed by atoms with E-state index in [9.17, 15) is 5.11 Å². The molecule has 0 atom stereocenters. The Bertz CT molecular complexity index is 411. The fourth-order valence-electron chi connectivity index (χ4n) is 2.60. The third kappa shape index (κ3) is 3.78. The first-order chi connectivity index (χ1) is 9.24. The van der Waals surface area contributed by atoms with Gasteiger partial charge in [-0.3, -0.25) is 0 Å². The minimum Gasteiger partial charge on any atom is -0.395 e. The molecule has 1 N–H and O–H groups in total. The molecule has 0 aromatic carbocycles. The lowest BCUT2D eigenvalue weighted by Crippen LogP contribution is -2.36. The number of halogens is 1. The Kier molecular flexibility index (Phi) is 5.36. The van der Waals surface area contributed by atoms with Crippen molar-refractivity contribution in [1.29, 1.82) is 0 Å². The monoisotopic (exact) mass is 285 g/mol. The number of rotatable bonds is 6. The van der Waals surface area contributed by atoms with Gasteiger partial charge in [-0.05, 0) is 12.8 Å². The summed E-state index contributed by atoms with van der Waals surface area (Å²) in [7, 11) is 1.60. The summed E-state index contributed by atoms with van der Waals surface area (Å²) in [4.78, 5) is 10.8. The topological polar surface area (TPSA) is 58.5 Å². The molecule has 0 amide bonds. The first-order valence-corrected chi connectivity index (χ1v) is 7.02. The molecule has 1 aromatic heterocycles. The van der Waals surface area contributed by atoms with Crippen LogP contribution in [0.1, 0.15) is 31.5 Å². The zero-order chi connectivity index (χ0) is 13.7. The van der Waals surface area contributed by atoms with Gasteiger partial charge < -0.3 is 14.7 Å². The van der Waals surface area contributed by atoms with Crippen molar-refractivity contribution in [3.05, 3.63) is 17.0 Å². The highest BCUT2D eigenvalue weighted by Crippen LogP contribution is 2.28. The SMILES string of the molecule is COCc1nc(Cl)cc(N(CCO)C2CCCC2)n1. The summed E-state index contributed by atoms with van der Waals surface area (Å²) < 4.78 is 5.05. The third-order valence-electron chi connectivity index (χ3n) is 3.40. The van der Waals surface area contributed by atoms with E-state index in [0.717, 1.165) is 18.7 Å². The largest absolute Gasteiger partial charge is 0.395 e. The van der Waals surface area contributed by atoms with Gasteiger partial charge in [0.2, 0.25) is 0 Å². The lowest BCUT2D eigenvalue weighted by Gasteiger charge is -2.29. The molecule has 1 saturated carbocycles. The van der Waals surface area contributed by atoms with E-state index in [0.29, 0.717) is 30.2 Å². The molecule has 1 aromatic rings. The molecule has 19 heavy (non-hydrogen) atoms. The minimum atomic E-state index is 0.109. The molecule has 1 heterocycles. The standard InChI is InChI=1S/C13H20ClN3O2/c1-19-9-12-15-11(14)8-13(16-12)17(6-7-18)10-4-2-3-5-10/h8,10,18H,2-7,9H2,1H3. The van der Waals surface area contributed by atoms with Gasteiger partial charge in [-0.2, -0.15) is 0 Å². The van der Waals surface area contributed by atoms with Gasteiger partial charge in [0.25, 0.3) is 0 Å². The maximum Gasteiger partial charge on any atom is 0.158 e. The predicted molar refractivity (Wildman–Crippen MR) is 74.4 cm³/mol. The van der Waals surface area contributed by atoms with E-state index in [1.807, 2.05) is 0 Å². The Balaban J connectivity index is 2.24. The van der Waals surface area contributed by atoms with Crippen molar-refractivity contribution < 1.29 is 9.84 Å². The molecule has 2 rings (SSSR count). The van der Waals surface area contributed by atoms with Crippen LogP contribution in [0.2, 0.25) is 5.15 Å². The lowest BCUT2D eigenvalue weighted by atomic mass is 10.2. The van der Waals surface area contributed by atoms with E-state index < -0.39 is 0 Å². The van der Waals surface area contributed by atoms with Gasteiger partial charge in [-0.1, -0.05) is 24.4 Å². The normalized spacial score (nSPS) is 15.9. The molecule has 0 bridgehead atoms. The first-order valence-electron chi connectivity index (χ1n) is 6.64. The molecule has 0 aliphatic heterocycles. The fraction of sp³-hybridized carbons (Fsp3) is 0.692. The summed E-state index contributed by atoms with van der Waals surface area (Å²) in [6.45, 7) is 1.02. The summed E-state index contributed by atoms with van der Waals surface area (Å²) in [5.41, 5.74) is 0. The number of ether oxygens (including phenoxy) is 1. The van der Waals surface area contributed by atoms with Crippen LogP contribution in [0.5, 0.6) is 0 Å². The number of hydrogen-bond donors (Lipinski definition) is 1. The second-order valence-corrected chi connectivity index (χ2v) is 5.14. The smallest absolute Gasteiger partial charge is 0.158 e. The van der Waals surface area contributed by atoms with Gasteiger partial charge in [-0.25, -0.2) is 9.97 Å². The third-order valence-corrected chi connectivity index (χ3v) is 3.60. The molecule has 1 aliphatic rings. The van der Waals surface area contributed by atoms with Crippen LogP contribution in [0.15, 0.2) is 6.07 Å². The Morgan fingerprint density at radius 1 is 1.42 bits per heavy atom.